The number of pyridine rings is 1. The molecule has 2 aromatic carbocycles. The lowest BCUT2D eigenvalue weighted by atomic mass is 10.1. The van der Waals surface area contributed by atoms with E-state index < -0.39 is 0 Å². The quantitative estimate of drug-likeness (QED) is 0.212. The number of ether oxygens (including phenoxy) is 1. The highest BCUT2D eigenvalue weighted by Crippen LogP contribution is 2.30. The van der Waals surface area contributed by atoms with E-state index in [-0.39, 0.29) is 11.9 Å². The molecule has 1 aliphatic rings. The third kappa shape index (κ3) is 7.63. The van der Waals surface area contributed by atoms with E-state index in [1.165, 1.54) is 5.56 Å². The van der Waals surface area contributed by atoms with Crippen LogP contribution in [0.2, 0.25) is 0 Å². The summed E-state index contributed by atoms with van der Waals surface area (Å²) in [4.78, 5) is 34.5. The molecule has 5 rings (SSSR count). The number of carbonyl (C=O) groups excluding carboxylic acids is 2. The van der Waals surface area contributed by atoms with Crippen molar-refractivity contribution in [3.63, 3.8) is 0 Å². The van der Waals surface area contributed by atoms with Gasteiger partial charge in [-0.15, -0.1) is 0 Å². The van der Waals surface area contributed by atoms with Crippen molar-refractivity contribution in [3.05, 3.63) is 84.2 Å². The number of benzene rings is 2. The van der Waals surface area contributed by atoms with E-state index >= 15 is 0 Å². The predicted octanol–water partition coefficient (Wildman–Crippen LogP) is 4.88. The van der Waals surface area contributed by atoms with Crippen LogP contribution in [-0.4, -0.2) is 85.4 Å². The number of nitrogens with zero attached hydrogens (tertiary/aromatic N) is 4. The Hall–Kier alpha value is -4.25. The average molecular weight is 598 g/mol. The van der Waals surface area contributed by atoms with E-state index in [1.807, 2.05) is 54.6 Å². The largest absolute Gasteiger partial charge is 0.385 e. The van der Waals surface area contributed by atoms with Crippen molar-refractivity contribution in [2.75, 3.05) is 57.2 Å². The zero-order chi connectivity index (χ0) is 31.1. The molecule has 1 fully saturated rings. The highest BCUT2D eigenvalue weighted by Gasteiger charge is 2.20. The minimum absolute atomic E-state index is 0.187. The second-order valence-corrected chi connectivity index (χ2v) is 11.5. The van der Waals surface area contributed by atoms with Crippen molar-refractivity contribution in [2.45, 2.75) is 38.8 Å². The summed E-state index contributed by atoms with van der Waals surface area (Å²) < 4.78 is 6.91. The van der Waals surface area contributed by atoms with Crippen molar-refractivity contribution in [2.24, 2.45) is 0 Å². The summed E-state index contributed by atoms with van der Waals surface area (Å²) in [5.74, 6) is 0.274. The van der Waals surface area contributed by atoms with Crippen LogP contribution in [0.4, 0.5) is 22.0 Å². The molecular formula is C34H43N7O3. The average Bonchev–Trinajstić information content (AvgIpc) is 3.45. The Morgan fingerprint density at radius 2 is 1.77 bits per heavy atom. The minimum atomic E-state index is -0.200. The number of carbonyl (C=O) groups is 2. The zero-order valence-electron chi connectivity index (χ0n) is 26.0. The SMILES string of the molecule is CNC(=O)n1ccc2cc(N(CCCOC)c3ccnc(NC(=O)c4ccc(CCN5C[C@@H](C)N[C@@H](C)C5)cc4)c3)ccc21. The minimum Gasteiger partial charge on any atom is -0.385 e. The first-order valence-electron chi connectivity index (χ1n) is 15.3. The van der Waals surface area contributed by atoms with E-state index in [9.17, 15) is 9.59 Å². The number of rotatable bonds is 11. The van der Waals surface area contributed by atoms with Crippen LogP contribution >= 0.6 is 0 Å². The van der Waals surface area contributed by atoms with Gasteiger partial charge in [-0.1, -0.05) is 12.1 Å². The number of anilines is 3. The fourth-order valence-corrected chi connectivity index (χ4v) is 5.95. The Labute approximate surface area is 259 Å². The van der Waals surface area contributed by atoms with Gasteiger partial charge in [0.2, 0.25) is 0 Å². The third-order valence-corrected chi connectivity index (χ3v) is 8.01. The Morgan fingerprint density at radius 3 is 2.50 bits per heavy atom. The Balaban J connectivity index is 1.27. The molecule has 0 saturated carbocycles. The topological polar surface area (TPSA) is 104 Å². The van der Waals surface area contributed by atoms with Crippen molar-refractivity contribution in [1.82, 2.24) is 25.1 Å². The molecule has 3 heterocycles. The number of aromatic nitrogens is 2. The number of methoxy groups -OCH3 is 1. The molecule has 2 aromatic heterocycles. The molecule has 1 saturated heterocycles. The second-order valence-electron chi connectivity index (χ2n) is 11.5. The van der Waals surface area contributed by atoms with Crippen LogP contribution in [-0.2, 0) is 11.2 Å². The summed E-state index contributed by atoms with van der Waals surface area (Å²) in [6.45, 7) is 8.89. The lowest BCUT2D eigenvalue weighted by molar-refractivity contribution is 0.102. The molecule has 0 bridgehead atoms. The fraction of sp³-hybridized carbons (Fsp3) is 0.382. The van der Waals surface area contributed by atoms with Gasteiger partial charge in [0, 0.05) is 99.8 Å². The normalized spacial score (nSPS) is 17.0. The maximum absolute atomic E-state index is 13.2. The van der Waals surface area contributed by atoms with Gasteiger partial charge in [-0.3, -0.25) is 14.3 Å². The summed E-state index contributed by atoms with van der Waals surface area (Å²) >= 11 is 0. The first kappa shape index (κ1) is 31.2. The van der Waals surface area contributed by atoms with Gasteiger partial charge in [-0.2, -0.15) is 0 Å². The Bertz CT molecular complexity index is 1560. The smallest absolute Gasteiger partial charge is 0.325 e. The molecule has 2 atom stereocenters. The zero-order valence-corrected chi connectivity index (χ0v) is 26.0. The van der Waals surface area contributed by atoms with Crippen LogP contribution in [0.25, 0.3) is 10.9 Å². The highest BCUT2D eigenvalue weighted by molar-refractivity contribution is 6.04. The molecule has 0 unspecified atom stereocenters. The summed E-state index contributed by atoms with van der Waals surface area (Å²) in [6, 6.07) is 20.4. The van der Waals surface area contributed by atoms with E-state index in [0.29, 0.717) is 36.6 Å². The Kier molecular flexibility index (Phi) is 10.3. The molecule has 232 valence electrons. The number of fused-ring (bicyclic) bond motifs is 1. The van der Waals surface area contributed by atoms with Crippen molar-refractivity contribution in [3.8, 4) is 0 Å². The fourth-order valence-electron chi connectivity index (χ4n) is 5.95. The summed E-state index contributed by atoms with van der Waals surface area (Å²) in [6.07, 6.45) is 5.22. The van der Waals surface area contributed by atoms with Gasteiger partial charge in [0.15, 0.2) is 0 Å². The van der Waals surface area contributed by atoms with Crippen molar-refractivity contribution in [1.29, 1.82) is 0 Å². The Morgan fingerprint density at radius 1 is 1.02 bits per heavy atom. The monoisotopic (exact) mass is 597 g/mol. The lowest BCUT2D eigenvalue weighted by Crippen LogP contribution is -2.54. The number of piperazine rings is 1. The molecular weight excluding hydrogens is 554 g/mol. The van der Waals surface area contributed by atoms with Gasteiger partial charge in [-0.05, 0) is 74.7 Å². The van der Waals surface area contributed by atoms with Crippen LogP contribution in [0.5, 0.6) is 0 Å². The van der Waals surface area contributed by atoms with Crippen LogP contribution in [0.1, 0.15) is 36.2 Å². The molecule has 3 N–H and O–H groups in total. The summed E-state index contributed by atoms with van der Waals surface area (Å²) in [7, 11) is 3.31. The molecule has 10 nitrogen and oxygen atoms in total. The maximum Gasteiger partial charge on any atom is 0.325 e. The first-order chi connectivity index (χ1) is 21.3. The highest BCUT2D eigenvalue weighted by atomic mass is 16.5. The third-order valence-electron chi connectivity index (χ3n) is 8.01. The van der Waals surface area contributed by atoms with Gasteiger partial charge in [0.1, 0.15) is 5.82 Å². The molecule has 0 aliphatic carbocycles. The van der Waals surface area contributed by atoms with Crippen LogP contribution in [0, 0.1) is 0 Å². The van der Waals surface area contributed by atoms with Crippen molar-refractivity contribution < 1.29 is 14.3 Å². The standard InChI is InChI=1S/C34H43N7O3/c1-24-22-39(23-25(2)37-24)17-13-26-6-8-27(9-7-26)33(42)38-32-21-30(12-15-36-32)40(16-5-19-44-4)29-10-11-31-28(20-29)14-18-41(31)34(43)35-3/h6-12,14-15,18,20-21,24-25,37H,5,13,16-17,19,22-23H2,1-4H3,(H,35,43)(H,36,38,42)/t24-,25+. The summed E-state index contributed by atoms with van der Waals surface area (Å²) in [5, 5.41) is 10.2. The molecule has 10 heteroatoms. The molecule has 1 aliphatic heterocycles. The molecule has 0 spiro atoms. The first-order valence-corrected chi connectivity index (χ1v) is 15.3. The van der Waals surface area contributed by atoms with E-state index in [0.717, 1.165) is 54.8 Å². The van der Waals surface area contributed by atoms with Gasteiger partial charge >= 0.3 is 6.03 Å². The number of amides is 2. The molecule has 0 radical (unpaired) electrons. The lowest BCUT2D eigenvalue weighted by Gasteiger charge is -2.36. The number of hydrogen-bond donors (Lipinski definition) is 3. The van der Waals surface area contributed by atoms with Crippen LogP contribution < -0.4 is 20.9 Å². The van der Waals surface area contributed by atoms with Crippen molar-refractivity contribution >= 4 is 40.0 Å². The van der Waals surface area contributed by atoms with Gasteiger partial charge in [-0.25, -0.2) is 9.78 Å². The maximum atomic E-state index is 13.2. The van der Waals surface area contributed by atoms with Gasteiger partial charge in [0.25, 0.3) is 5.91 Å². The number of hydrogen-bond acceptors (Lipinski definition) is 7. The molecule has 4 aromatic rings. The van der Waals surface area contributed by atoms with Gasteiger partial charge in [0.05, 0.1) is 5.52 Å². The van der Waals surface area contributed by atoms with Crippen LogP contribution in [0.15, 0.2) is 73.1 Å². The summed E-state index contributed by atoms with van der Waals surface area (Å²) in [5.41, 5.74) is 4.49. The van der Waals surface area contributed by atoms with Gasteiger partial charge < -0.3 is 25.6 Å². The number of nitrogens with one attached hydrogen (secondary N) is 3. The predicted molar refractivity (Wildman–Crippen MR) is 176 cm³/mol. The van der Waals surface area contributed by atoms with E-state index in [4.69, 9.17) is 4.74 Å². The second kappa shape index (κ2) is 14.5. The molecule has 2 amide bonds. The van der Waals surface area contributed by atoms with Crippen LogP contribution in [0.3, 0.4) is 0 Å². The van der Waals surface area contributed by atoms with E-state index in [1.54, 1.807) is 31.1 Å². The molecule has 44 heavy (non-hydrogen) atoms. The van der Waals surface area contributed by atoms with E-state index in [2.05, 4.69) is 50.6 Å².